The molecule has 0 aliphatic carbocycles. The Bertz CT molecular complexity index is 976. The molecule has 9 heteroatoms. The van der Waals surface area contributed by atoms with E-state index >= 15 is 0 Å². The second kappa shape index (κ2) is 8.73. The highest BCUT2D eigenvalue weighted by Crippen LogP contribution is 2.22. The summed E-state index contributed by atoms with van der Waals surface area (Å²) in [5.41, 5.74) is 1.08. The van der Waals surface area contributed by atoms with Gasteiger partial charge in [0.05, 0.1) is 30.0 Å². The molecule has 1 aliphatic heterocycles. The van der Waals surface area contributed by atoms with E-state index in [0.717, 1.165) is 5.56 Å². The molecule has 1 saturated heterocycles. The zero-order valence-corrected chi connectivity index (χ0v) is 16.6. The van der Waals surface area contributed by atoms with Crippen LogP contribution in [0.4, 0.5) is 0 Å². The van der Waals surface area contributed by atoms with E-state index in [9.17, 15) is 23.1 Å². The van der Waals surface area contributed by atoms with Gasteiger partial charge in [-0.3, -0.25) is 10.1 Å². The lowest BCUT2D eigenvalue weighted by molar-refractivity contribution is -0.130. The summed E-state index contributed by atoms with van der Waals surface area (Å²) in [6.07, 6.45) is -0.837. The van der Waals surface area contributed by atoms with Gasteiger partial charge >= 0.3 is 5.97 Å². The Morgan fingerprint density at radius 2 is 1.83 bits per heavy atom. The molecule has 1 amide bonds. The molecule has 1 aliphatic rings. The lowest BCUT2D eigenvalue weighted by Crippen LogP contribution is -2.43. The third kappa shape index (κ3) is 4.64. The first-order valence-electron chi connectivity index (χ1n) is 9.03. The van der Waals surface area contributed by atoms with Gasteiger partial charge < -0.3 is 9.84 Å². The molecule has 2 unspecified atom stereocenters. The third-order valence-electron chi connectivity index (χ3n) is 4.72. The summed E-state index contributed by atoms with van der Waals surface area (Å²) in [5.74, 6) is -1.84. The quantitative estimate of drug-likeness (QED) is 0.690. The van der Waals surface area contributed by atoms with Gasteiger partial charge in [0, 0.05) is 6.54 Å². The van der Waals surface area contributed by atoms with Crippen molar-refractivity contribution in [3.63, 3.8) is 0 Å². The van der Waals surface area contributed by atoms with Crippen LogP contribution in [-0.2, 0) is 26.0 Å². The van der Waals surface area contributed by atoms with Gasteiger partial charge in [-0.1, -0.05) is 30.3 Å². The maximum atomic E-state index is 13.1. The van der Waals surface area contributed by atoms with Crippen LogP contribution in [0.5, 0.6) is 0 Å². The van der Waals surface area contributed by atoms with Gasteiger partial charge in [0.15, 0.2) is 0 Å². The van der Waals surface area contributed by atoms with Gasteiger partial charge in [-0.25, -0.2) is 17.5 Å². The number of β-amino-alcohol motifs (C(OH)–C–C–N with tert-alkyl or cyclic N) is 1. The van der Waals surface area contributed by atoms with Crippen LogP contribution in [0, 0.1) is 5.92 Å². The van der Waals surface area contributed by atoms with Crippen LogP contribution in [0.1, 0.15) is 15.9 Å². The number of carbonyl (C=O) groups is 2. The van der Waals surface area contributed by atoms with Crippen molar-refractivity contribution in [2.45, 2.75) is 17.5 Å². The van der Waals surface area contributed by atoms with Gasteiger partial charge in [-0.15, -0.1) is 0 Å². The van der Waals surface area contributed by atoms with Crippen molar-refractivity contribution in [3.8, 4) is 0 Å². The van der Waals surface area contributed by atoms with E-state index in [4.69, 9.17) is 0 Å². The first-order valence-corrected chi connectivity index (χ1v) is 10.5. The first-order chi connectivity index (χ1) is 13.8. The summed E-state index contributed by atoms with van der Waals surface area (Å²) in [6.45, 7) is -0.243. The summed E-state index contributed by atoms with van der Waals surface area (Å²) in [7, 11) is -2.98. The van der Waals surface area contributed by atoms with Crippen molar-refractivity contribution in [1.82, 2.24) is 9.62 Å². The Kier molecular flexibility index (Phi) is 6.31. The number of rotatable bonds is 5. The molecule has 29 heavy (non-hydrogen) atoms. The Hall–Kier alpha value is -2.75. The van der Waals surface area contributed by atoms with Gasteiger partial charge in [0.2, 0.25) is 5.91 Å². The monoisotopic (exact) mass is 418 g/mol. The molecule has 2 aromatic rings. The lowest BCUT2D eigenvalue weighted by Gasteiger charge is -2.24. The Balaban J connectivity index is 1.89. The maximum absolute atomic E-state index is 13.1. The molecule has 0 radical (unpaired) electrons. The Morgan fingerprint density at radius 1 is 1.17 bits per heavy atom. The molecule has 2 aromatic carbocycles. The van der Waals surface area contributed by atoms with Crippen LogP contribution >= 0.6 is 0 Å². The number of carbonyl (C=O) groups excluding carboxylic acids is 2. The van der Waals surface area contributed by atoms with E-state index in [1.165, 1.54) is 31.4 Å². The van der Waals surface area contributed by atoms with Crippen LogP contribution in [0.3, 0.4) is 0 Å². The summed E-state index contributed by atoms with van der Waals surface area (Å²) in [6, 6.07) is 14.4. The first kappa shape index (κ1) is 21.0. The van der Waals surface area contributed by atoms with Gasteiger partial charge in [-0.05, 0) is 36.2 Å². The van der Waals surface area contributed by atoms with Crippen molar-refractivity contribution in [2.75, 3.05) is 20.2 Å². The average Bonchev–Trinajstić information content (AvgIpc) is 2.88. The fraction of sp³-hybridized carbons (Fsp3) is 0.300. The minimum atomic E-state index is -4.21. The highest BCUT2D eigenvalue weighted by molar-refractivity contribution is 7.89. The number of amides is 1. The van der Waals surface area contributed by atoms with Gasteiger partial charge in [0.25, 0.3) is 10.0 Å². The second-order valence-electron chi connectivity index (χ2n) is 6.70. The number of methoxy groups -OCH3 is 1. The van der Waals surface area contributed by atoms with E-state index < -0.39 is 40.6 Å². The van der Waals surface area contributed by atoms with Crippen LogP contribution in [0.2, 0.25) is 0 Å². The fourth-order valence-corrected chi connectivity index (χ4v) is 4.62. The number of esters is 1. The van der Waals surface area contributed by atoms with Crippen LogP contribution in [0.25, 0.3) is 0 Å². The number of hydrogen-bond donors (Lipinski definition) is 2. The molecule has 0 aromatic heterocycles. The fourth-order valence-electron chi connectivity index (χ4n) is 3.16. The molecule has 1 fully saturated rings. The standard InChI is InChI=1S/C20H22N2O6S/c1-28-20(25)15-7-9-17(10-8-15)29(26,27)22-13-18(23)21-12-16(19(22)24)11-14-5-3-2-4-6-14/h2-10,16,18,21,23H,11-13H2,1H3. The van der Waals surface area contributed by atoms with Crippen LogP contribution in [-0.4, -0.2) is 56.1 Å². The smallest absolute Gasteiger partial charge is 0.337 e. The SMILES string of the molecule is COC(=O)c1ccc(S(=O)(=O)N2CC(O)NCC(Cc3ccccc3)C2=O)cc1. The molecule has 0 bridgehead atoms. The number of hydrogen-bond acceptors (Lipinski definition) is 7. The predicted molar refractivity (Wildman–Crippen MR) is 104 cm³/mol. The molecular weight excluding hydrogens is 396 g/mol. The number of aliphatic hydroxyl groups is 1. The number of aliphatic hydroxyl groups excluding tert-OH is 1. The minimum absolute atomic E-state index is 0.147. The van der Waals surface area contributed by atoms with Crippen molar-refractivity contribution in [1.29, 1.82) is 0 Å². The van der Waals surface area contributed by atoms with Crippen molar-refractivity contribution >= 4 is 21.9 Å². The zero-order valence-electron chi connectivity index (χ0n) is 15.8. The highest BCUT2D eigenvalue weighted by Gasteiger charge is 2.38. The highest BCUT2D eigenvalue weighted by atomic mass is 32.2. The largest absolute Gasteiger partial charge is 0.465 e. The normalized spacial score (nSPS) is 20.2. The van der Waals surface area contributed by atoms with Crippen LogP contribution in [0.15, 0.2) is 59.5 Å². The van der Waals surface area contributed by atoms with Crippen molar-refractivity contribution in [2.24, 2.45) is 5.92 Å². The topological polar surface area (TPSA) is 113 Å². The molecular formula is C20H22N2O6S. The van der Waals surface area contributed by atoms with Crippen molar-refractivity contribution < 1.29 is 27.9 Å². The number of ether oxygens (including phenoxy) is 1. The zero-order chi connectivity index (χ0) is 21.0. The van der Waals surface area contributed by atoms with Crippen molar-refractivity contribution in [3.05, 3.63) is 65.7 Å². The molecule has 2 N–H and O–H groups in total. The molecule has 0 spiro atoms. The van der Waals surface area contributed by atoms with E-state index in [1.807, 2.05) is 30.3 Å². The van der Waals surface area contributed by atoms with E-state index in [-0.39, 0.29) is 17.0 Å². The van der Waals surface area contributed by atoms with E-state index in [2.05, 4.69) is 10.1 Å². The van der Waals surface area contributed by atoms with Crippen LogP contribution < -0.4 is 5.32 Å². The van der Waals surface area contributed by atoms with E-state index in [1.54, 1.807) is 0 Å². The molecule has 0 saturated carbocycles. The second-order valence-corrected chi connectivity index (χ2v) is 8.56. The molecule has 3 rings (SSSR count). The predicted octanol–water partition coefficient (Wildman–Crippen LogP) is 0.771. The molecule has 2 atom stereocenters. The van der Waals surface area contributed by atoms with Gasteiger partial charge in [-0.2, -0.15) is 0 Å². The minimum Gasteiger partial charge on any atom is -0.465 e. The number of benzene rings is 2. The number of nitrogens with zero attached hydrogens (tertiary/aromatic N) is 1. The third-order valence-corrected chi connectivity index (χ3v) is 6.50. The maximum Gasteiger partial charge on any atom is 0.337 e. The Morgan fingerprint density at radius 3 is 2.45 bits per heavy atom. The lowest BCUT2D eigenvalue weighted by atomic mass is 9.99. The summed E-state index contributed by atoms with van der Waals surface area (Å²) < 4.78 is 31.5. The number of nitrogens with one attached hydrogen (secondary N) is 1. The number of sulfonamides is 1. The summed E-state index contributed by atoms with van der Waals surface area (Å²) >= 11 is 0. The molecule has 1 heterocycles. The van der Waals surface area contributed by atoms with Gasteiger partial charge in [0.1, 0.15) is 6.23 Å². The summed E-state index contributed by atoms with van der Waals surface area (Å²) in [5, 5.41) is 12.9. The molecule has 154 valence electrons. The Labute approximate surface area is 169 Å². The summed E-state index contributed by atoms with van der Waals surface area (Å²) in [4.78, 5) is 24.5. The van der Waals surface area contributed by atoms with E-state index in [0.29, 0.717) is 10.7 Å². The average molecular weight is 418 g/mol. The molecule has 8 nitrogen and oxygen atoms in total.